The lowest BCUT2D eigenvalue weighted by Crippen LogP contribution is -2.26. The zero-order chi connectivity index (χ0) is 16.1. The number of esters is 1. The van der Waals surface area contributed by atoms with E-state index in [0.717, 1.165) is 35.6 Å². The van der Waals surface area contributed by atoms with Gasteiger partial charge in [-0.05, 0) is 25.1 Å². The van der Waals surface area contributed by atoms with E-state index in [1.165, 1.54) is 0 Å². The van der Waals surface area contributed by atoms with Crippen LogP contribution in [0.15, 0.2) is 48.5 Å². The molecule has 4 heteroatoms. The number of nitrogens with one attached hydrogen (secondary N) is 1. The molecule has 1 N–H and O–H groups in total. The molecule has 0 bridgehead atoms. The zero-order valence-electron chi connectivity index (χ0n) is 13.2. The van der Waals surface area contributed by atoms with Crippen LogP contribution in [0.5, 0.6) is 11.5 Å². The molecule has 120 valence electrons. The van der Waals surface area contributed by atoms with E-state index in [9.17, 15) is 4.79 Å². The van der Waals surface area contributed by atoms with Crippen LogP contribution < -0.4 is 10.1 Å². The fraction of sp³-hybridized carbons (Fsp3) is 0.316. The summed E-state index contributed by atoms with van der Waals surface area (Å²) in [6.45, 7) is 4.09. The van der Waals surface area contributed by atoms with E-state index in [1.54, 1.807) is 0 Å². The number of para-hydroxylation sites is 2. The molecule has 0 unspecified atom stereocenters. The fourth-order valence-electron chi connectivity index (χ4n) is 2.77. The molecular weight excluding hydrogens is 290 g/mol. The highest BCUT2D eigenvalue weighted by Crippen LogP contribution is 2.44. The SMILES string of the molecule is CCCNCCOC(=O)C1c2ccccc2Oc2ccccc21. The maximum atomic E-state index is 12.7. The number of fused-ring (bicyclic) bond motifs is 2. The number of benzene rings is 2. The van der Waals surface area contributed by atoms with Gasteiger partial charge in [0.1, 0.15) is 24.0 Å². The van der Waals surface area contributed by atoms with Gasteiger partial charge in [-0.1, -0.05) is 43.3 Å². The topological polar surface area (TPSA) is 47.6 Å². The molecule has 0 aromatic heterocycles. The highest BCUT2D eigenvalue weighted by molar-refractivity contribution is 5.85. The lowest BCUT2D eigenvalue weighted by atomic mass is 9.88. The van der Waals surface area contributed by atoms with Crippen molar-refractivity contribution in [1.29, 1.82) is 0 Å². The van der Waals surface area contributed by atoms with Gasteiger partial charge in [-0.25, -0.2) is 0 Å². The minimum Gasteiger partial charge on any atom is -0.464 e. The second kappa shape index (κ2) is 7.29. The molecule has 3 rings (SSSR count). The van der Waals surface area contributed by atoms with Gasteiger partial charge in [-0.15, -0.1) is 0 Å². The van der Waals surface area contributed by atoms with Crippen LogP contribution in [0.4, 0.5) is 0 Å². The van der Waals surface area contributed by atoms with E-state index in [4.69, 9.17) is 9.47 Å². The molecular formula is C19H21NO3. The van der Waals surface area contributed by atoms with Crippen LogP contribution in [-0.4, -0.2) is 25.7 Å². The van der Waals surface area contributed by atoms with E-state index in [-0.39, 0.29) is 5.97 Å². The molecule has 0 saturated heterocycles. The Balaban J connectivity index is 1.79. The summed E-state index contributed by atoms with van der Waals surface area (Å²) in [4.78, 5) is 12.7. The molecule has 23 heavy (non-hydrogen) atoms. The molecule has 0 amide bonds. The molecule has 1 aliphatic heterocycles. The summed E-state index contributed by atoms with van der Waals surface area (Å²) in [6, 6.07) is 15.3. The standard InChI is InChI=1S/C19H21NO3/c1-2-11-20-12-13-22-19(21)18-14-7-3-5-9-16(14)23-17-10-6-4-8-15(17)18/h3-10,18,20H,2,11-13H2,1H3. The summed E-state index contributed by atoms with van der Waals surface area (Å²) in [5.74, 6) is 0.781. The van der Waals surface area contributed by atoms with E-state index in [0.29, 0.717) is 13.2 Å². The summed E-state index contributed by atoms with van der Waals surface area (Å²) in [7, 11) is 0. The normalized spacial score (nSPS) is 12.9. The Labute approximate surface area is 136 Å². The molecule has 2 aromatic carbocycles. The summed E-state index contributed by atoms with van der Waals surface area (Å²) in [5.41, 5.74) is 1.72. The summed E-state index contributed by atoms with van der Waals surface area (Å²) >= 11 is 0. The number of hydrogen-bond donors (Lipinski definition) is 1. The Morgan fingerprint density at radius 2 is 1.65 bits per heavy atom. The van der Waals surface area contributed by atoms with E-state index in [1.807, 2.05) is 48.5 Å². The molecule has 1 heterocycles. The van der Waals surface area contributed by atoms with Crippen molar-refractivity contribution >= 4 is 5.97 Å². The molecule has 0 fully saturated rings. The Bertz CT molecular complexity index is 638. The van der Waals surface area contributed by atoms with Crippen LogP contribution in [0.2, 0.25) is 0 Å². The van der Waals surface area contributed by atoms with Crippen molar-refractivity contribution in [3.8, 4) is 11.5 Å². The first-order valence-electron chi connectivity index (χ1n) is 8.04. The van der Waals surface area contributed by atoms with Gasteiger partial charge in [0.2, 0.25) is 0 Å². The third-order valence-electron chi connectivity index (χ3n) is 3.87. The number of carbonyl (C=O) groups excluding carboxylic acids is 1. The number of rotatable bonds is 6. The zero-order valence-corrected chi connectivity index (χ0v) is 13.2. The molecule has 2 aromatic rings. The van der Waals surface area contributed by atoms with E-state index >= 15 is 0 Å². The molecule has 0 saturated carbocycles. The summed E-state index contributed by atoms with van der Waals surface area (Å²) in [6.07, 6.45) is 1.06. The highest BCUT2D eigenvalue weighted by atomic mass is 16.5. The van der Waals surface area contributed by atoms with Crippen molar-refractivity contribution in [3.05, 3.63) is 59.7 Å². The van der Waals surface area contributed by atoms with Crippen molar-refractivity contribution in [2.45, 2.75) is 19.3 Å². The number of carbonyl (C=O) groups is 1. The smallest absolute Gasteiger partial charge is 0.318 e. The fourth-order valence-corrected chi connectivity index (χ4v) is 2.77. The number of ether oxygens (including phenoxy) is 2. The first-order chi connectivity index (χ1) is 11.3. The Kier molecular flexibility index (Phi) is 4.93. The average Bonchev–Trinajstić information content (AvgIpc) is 2.59. The average molecular weight is 311 g/mol. The lowest BCUT2D eigenvalue weighted by molar-refractivity contribution is -0.144. The first kappa shape index (κ1) is 15.6. The van der Waals surface area contributed by atoms with Gasteiger partial charge in [-0.2, -0.15) is 0 Å². The Morgan fingerprint density at radius 3 is 2.26 bits per heavy atom. The first-order valence-corrected chi connectivity index (χ1v) is 8.04. The maximum absolute atomic E-state index is 12.7. The van der Waals surface area contributed by atoms with Crippen molar-refractivity contribution in [2.75, 3.05) is 19.7 Å². The molecule has 0 radical (unpaired) electrons. The quantitative estimate of drug-likeness (QED) is 0.655. The summed E-state index contributed by atoms with van der Waals surface area (Å²) < 4.78 is 11.4. The maximum Gasteiger partial charge on any atom is 0.318 e. The van der Waals surface area contributed by atoms with Gasteiger partial charge >= 0.3 is 5.97 Å². The van der Waals surface area contributed by atoms with Crippen LogP contribution >= 0.6 is 0 Å². The molecule has 0 aliphatic carbocycles. The third kappa shape index (κ3) is 3.37. The molecule has 4 nitrogen and oxygen atoms in total. The van der Waals surface area contributed by atoms with Gasteiger partial charge < -0.3 is 14.8 Å². The lowest BCUT2D eigenvalue weighted by Gasteiger charge is -2.26. The molecule has 1 aliphatic rings. The van der Waals surface area contributed by atoms with Crippen LogP contribution in [0.3, 0.4) is 0 Å². The van der Waals surface area contributed by atoms with Crippen molar-refractivity contribution in [1.82, 2.24) is 5.32 Å². The predicted molar refractivity (Wildman–Crippen MR) is 88.9 cm³/mol. The molecule has 0 spiro atoms. The van der Waals surface area contributed by atoms with Crippen molar-refractivity contribution < 1.29 is 14.3 Å². The van der Waals surface area contributed by atoms with E-state index < -0.39 is 5.92 Å². The van der Waals surface area contributed by atoms with Crippen LogP contribution in [-0.2, 0) is 9.53 Å². The van der Waals surface area contributed by atoms with Crippen LogP contribution in [0.25, 0.3) is 0 Å². The Morgan fingerprint density at radius 1 is 1.04 bits per heavy atom. The molecule has 0 atom stereocenters. The predicted octanol–water partition coefficient (Wildman–Crippen LogP) is 3.47. The Hall–Kier alpha value is -2.33. The van der Waals surface area contributed by atoms with Crippen LogP contribution in [0, 0.1) is 0 Å². The monoisotopic (exact) mass is 311 g/mol. The largest absolute Gasteiger partial charge is 0.464 e. The van der Waals surface area contributed by atoms with Gasteiger partial charge in [0.05, 0.1) is 0 Å². The van der Waals surface area contributed by atoms with Gasteiger partial charge in [-0.3, -0.25) is 4.79 Å². The minimum absolute atomic E-state index is 0.230. The summed E-state index contributed by atoms with van der Waals surface area (Å²) in [5, 5.41) is 3.23. The van der Waals surface area contributed by atoms with Crippen molar-refractivity contribution in [3.63, 3.8) is 0 Å². The second-order valence-electron chi connectivity index (χ2n) is 5.53. The highest BCUT2D eigenvalue weighted by Gasteiger charge is 2.33. The van der Waals surface area contributed by atoms with Gasteiger partial charge in [0.25, 0.3) is 0 Å². The van der Waals surface area contributed by atoms with Gasteiger partial charge in [0, 0.05) is 17.7 Å². The van der Waals surface area contributed by atoms with Gasteiger partial charge in [0.15, 0.2) is 0 Å². The van der Waals surface area contributed by atoms with Crippen LogP contribution in [0.1, 0.15) is 30.4 Å². The second-order valence-corrected chi connectivity index (χ2v) is 5.53. The number of hydrogen-bond acceptors (Lipinski definition) is 4. The minimum atomic E-state index is -0.428. The van der Waals surface area contributed by atoms with E-state index in [2.05, 4.69) is 12.2 Å². The van der Waals surface area contributed by atoms with Crippen molar-refractivity contribution in [2.24, 2.45) is 0 Å². The third-order valence-corrected chi connectivity index (χ3v) is 3.87.